The number of nitrogens with one attached hydrogen (secondary N) is 2. The largest absolute Gasteiger partial charge is 0.479 e. The molecule has 2 heterocycles. The minimum Gasteiger partial charge on any atom is -0.479 e. The number of nitrogens with zero attached hydrogens (tertiary/aromatic N) is 1. The third-order valence-electron chi connectivity index (χ3n) is 6.36. The van der Waals surface area contributed by atoms with Gasteiger partial charge in [0, 0.05) is 38.1 Å². The number of carboxylic acids is 1. The van der Waals surface area contributed by atoms with Crippen molar-refractivity contribution >= 4 is 41.3 Å². The summed E-state index contributed by atoms with van der Waals surface area (Å²) in [5.74, 6) is -4.75. The Balaban J connectivity index is 1.66. The maximum Gasteiger partial charge on any atom is 0.335 e. The molecule has 16 nitrogen and oxygen atoms in total. The van der Waals surface area contributed by atoms with Crippen LogP contribution in [-0.4, -0.2) is 105 Å². The first-order valence-electron chi connectivity index (χ1n) is 13.3. The molecule has 0 bridgehead atoms. The fourth-order valence-corrected chi connectivity index (χ4v) is 3.94. The Bertz CT molecular complexity index is 1260. The molecule has 5 atom stereocenters. The standard InChI is InChI=1S/C27H33N3O13/c1-13(2)26(40)41-12-14-3-4-16(42-27-23(37)21(35)22(36)24(43-27)25(38)39)15(11-14)29-18(32)7-9-28-17(31)8-10-30-19(33)5-6-20(30)34/h3-6,11,13,21-24,27,35-37H,7-10,12H2,1-2H3,(H,28,31)(H,29,32)(H,38,39)/t21?,22-,23-,24?,27+/m0/s1. The molecule has 1 aromatic rings. The number of aliphatic hydroxyl groups excluding tert-OH is 3. The molecule has 4 amide bonds. The first kappa shape index (κ1) is 33.1. The van der Waals surface area contributed by atoms with Gasteiger partial charge in [0.1, 0.15) is 30.7 Å². The lowest BCUT2D eigenvalue weighted by Crippen LogP contribution is -2.61. The van der Waals surface area contributed by atoms with E-state index in [2.05, 4.69) is 10.6 Å². The Morgan fingerprint density at radius 2 is 1.65 bits per heavy atom. The number of benzene rings is 1. The first-order chi connectivity index (χ1) is 20.3. The van der Waals surface area contributed by atoms with Gasteiger partial charge in [0.2, 0.25) is 18.1 Å². The number of carbonyl (C=O) groups excluding carboxylic acids is 5. The molecule has 16 heteroatoms. The van der Waals surface area contributed by atoms with Crippen LogP contribution >= 0.6 is 0 Å². The number of esters is 1. The number of amides is 4. The van der Waals surface area contributed by atoms with E-state index >= 15 is 0 Å². The number of rotatable bonds is 13. The van der Waals surface area contributed by atoms with E-state index in [0.29, 0.717) is 5.56 Å². The van der Waals surface area contributed by atoms with Gasteiger partial charge in [0.15, 0.2) is 6.10 Å². The quantitative estimate of drug-likeness (QED) is 0.110. The minimum atomic E-state index is -1.94. The van der Waals surface area contributed by atoms with Crippen molar-refractivity contribution in [3.63, 3.8) is 0 Å². The molecule has 43 heavy (non-hydrogen) atoms. The molecule has 234 valence electrons. The zero-order valence-electron chi connectivity index (χ0n) is 23.3. The molecule has 0 saturated carbocycles. The number of hydrogen-bond acceptors (Lipinski definition) is 12. The Morgan fingerprint density at radius 3 is 2.28 bits per heavy atom. The van der Waals surface area contributed by atoms with E-state index in [1.165, 1.54) is 18.2 Å². The highest BCUT2D eigenvalue weighted by Crippen LogP contribution is 2.31. The third kappa shape index (κ3) is 8.81. The summed E-state index contributed by atoms with van der Waals surface area (Å²) in [7, 11) is 0. The van der Waals surface area contributed by atoms with Crippen LogP contribution in [0.5, 0.6) is 5.75 Å². The molecule has 0 spiro atoms. The van der Waals surface area contributed by atoms with Crippen molar-refractivity contribution in [1.29, 1.82) is 0 Å². The Morgan fingerprint density at radius 1 is 0.977 bits per heavy atom. The molecular formula is C27H33N3O13. The van der Waals surface area contributed by atoms with Gasteiger partial charge < -0.3 is 45.3 Å². The number of aliphatic carboxylic acids is 1. The smallest absolute Gasteiger partial charge is 0.335 e. The molecule has 0 aromatic heterocycles. The Labute approximate surface area is 245 Å². The number of imide groups is 1. The lowest BCUT2D eigenvalue weighted by Gasteiger charge is -2.38. The molecule has 0 aliphatic carbocycles. The summed E-state index contributed by atoms with van der Waals surface area (Å²) in [4.78, 5) is 72.2. The van der Waals surface area contributed by atoms with E-state index in [0.717, 1.165) is 17.1 Å². The monoisotopic (exact) mass is 607 g/mol. The van der Waals surface area contributed by atoms with E-state index < -0.39 is 66.3 Å². The molecule has 1 fully saturated rings. The fraction of sp³-hybridized carbons (Fsp3) is 0.481. The second-order valence-corrected chi connectivity index (χ2v) is 10.0. The lowest BCUT2D eigenvalue weighted by molar-refractivity contribution is -0.271. The second-order valence-electron chi connectivity index (χ2n) is 10.0. The summed E-state index contributed by atoms with van der Waals surface area (Å²) in [6.07, 6.45) is -7.60. The average Bonchev–Trinajstić information content (AvgIpc) is 3.27. The maximum absolute atomic E-state index is 12.7. The minimum absolute atomic E-state index is 0.00346. The van der Waals surface area contributed by atoms with Gasteiger partial charge in [-0.2, -0.15) is 0 Å². The summed E-state index contributed by atoms with van der Waals surface area (Å²) in [5, 5.41) is 44.7. The Hall–Kier alpha value is -4.38. The summed E-state index contributed by atoms with van der Waals surface area (Å²) in [6, 6.07) is 4.20. The topological polar surface area (TPSA) is 238 Å². The Kier molecular flexibility index (Phi) is 11.3. The number of ether oxygens (including phenoxy) is 3. The van der Waals surface area contributed by atoms with Gasteiger partial charge in [-0.1, -0.05) is 19.9 Å². The van der Waals surface area contributed by atoms with Crippen molar-refractivity contribution in [2.45, 2.75) is 64.0 Å². The van der Waals surface area contributed by atoms with E-state index in [9.17, 15) is 49.2 Å². The summed E-state index contributed by atoms with van der Waals surface area (Å²) in [5.41, 5.74) is 0.422. The van der Waals surface area contributed by atoms with Crippen LogP contribution in [0.4, 0.5) is 5.69 Å². The van der Waals surface area contributed by atoms with Gasteiger partial charge in [-0.15, -0.1) is 0 Å². The SMILES string of the molecule is CC(C)C(=O)OCc1ccc(O[C@@H]2OC(C(=O)O)[C@@H](O)C(O)[C@@H]2O)c(NC(=O)CCNC(=O)CCN2C(=O)C=CC2=O)c1. The van der Waals surface area contributed by atoms with Crippen LogP contribution in [0.15, 0.2) is 30.4 Å². The third-order valence-corrected chi connectivity index (χ3v) is 6.36. The number of carboxylic acid groups (broad SMARTS) is 1. The van der Waals surface area contributed by atoms with E-state index in [-0.39, 0.29) is 49.9 Å². The highest BCUT2D eigenvalue weighted by atomic mass is 16.7. The highest BCUT2D eigenvalue weighted by molar-refractivity contribution is 6.13. The fourth-order valence-electron chi connectivity index (χ4n) is 3.94. The summed E-state index contributed by atoms with van der Waals surface area (Å²) < 4.78 is 15.9. The zero-order chi connectivity index (χ0) is 31.8. The molecule has 1 saturated heterocycles. The molecule has 1 aromatic carbocycles. The van der Waals surface area contributed by atoms with Crippen LogP contribution < -0.4 is 15.4 Å². The van der Waals surface area contributed by atoms with Crippen LogP contribution in [0.3, 0.4) is 0 Å². The van der Waals surface area contributed by atoms with Crippen LogP contribution in [0.25, 0.3) is 0 Å². The van der Waals surface area contributed by atoms with Crippen molar-refractivity contribution in [3.05, 3.63) is 35.9 Å². The van der Waals surface area contributed by atoms with Gasteiger partial charge in [0.25, 0.3) is 11.8 Å². The molecule has 3 rings (SSSR count). The number of hydrogen-bond donors (Lipinski definition) is 6. The van der Waals surface area contributed by atoms with Crippen molar-refractivity contribution in [3.8, 4) is 5.75 Å². The lowest BCUT2D eigenvalue weighted by atomic mass is 9.99. The predicted octanol–water partition coefficient (Wildman–Crippen LogP) is -1.58. The van der Waals surface area contributed by atoms with E-state index in [1.807, 2.05) is 0 Å². The van der Waals surface area contributed by atoms with E-state index in [1.54, 1.807) is 13.8 Å². The number of carbonyl (C=O) groups is 6. The van der Waals surface area contributed by atoms with Gasteiger partial charge >= 0.3 is 11.9 Å². The van der Waals surface area contributed by atoms with Crippen LogP contribution in [0.1, 0.15) is 32.3 Å². The van der Waals surface area contributed by atoms with Gasteiger partial charge in [-0.25, -0.2) is 4.79 Å². The average molecular weight is 608 g/mol. The second kappa shape index (κ2) is 14.7. The normalized spacial score (nSPS) is 23.3. The van der Waals surface area contributed by atoms with Crippen molar-refractivity contribution in [1.82, 2.24) is 10.2 Å². The first-order valence-corrected chi connectivity index (χ1v) is 13.3. The van der Waals surface area contributed by atoms with Crippen LogP contribution in [0.2, 0.25) is 0 Å². The molecule has 2 aliphatic rings. The number of aliphatic hydroxyl groups is 3. The van der Waals surface area contributed by atoms with Gasteiger partial charge in [0.05, 0.1) is 11.6 Å². The van der Waals surface area contributed by atoms with Gasteiger partial charge in [-0.3, -0.25) is 28.9 Å². The maximum atomic E-state index is 12.7. The van der Waals surface area contributed by atoms with E-state index in [4.69, 9.17) is 14.2 Å². The zero-order valence-corrected chi connectivity index (χ0v) is 23.3. The van der Waals surface area contributed by atoms with Crippen LogP contribution in [-0.2, 0) is 44.8 Å². The van der Waals surface area contributed by atoms with Crippen LogP contribution in [0, 0.1) is 5.92 Å². The van der Waals surface area contributed by atoms with Crippen molar-refractivity contribution in [2.24, 2.45) is 5.92 Å². The number of anilines is 1. The molecule has 6 N–H and O–H groups in total. The molecule has 2 unspecified atom stereocenters. The highest BCUT2D eigenvalue weighted by Gasteiger charge is 2.48. The van der Waals surface area contributed by atoms with Gasteiger partial charge in [-0.05, 0) is 17.7 Å². The predicted molar refractivity (Wildman–Crippen MR) is 143 cm³/mol. The molecule has 0 radical (unpaired) electrons. The summed E-state index contributed by atoms with van der Waals surface area (Å²) in [6.45, 7) is 2.90. The summed E-state index contributed by atoms with van der Waals surface area (Å²) >= 11 is 0. The van der Waals surface area contributed by atoms with Crippen molar-refractivity contribution in [2.75, 3.05) is 18.4 Å². The molecular weight excluding hydrogens is 574 g/mol. The van der Waals surface area contributed by atoms with Crippen molar-refractivity contribution < 1.29 is 63.4 Å². The molecule has 2 aliphatic heterocycles.